The Kier molecular flexibility index (Phi) is 4.97. The van der Waals surface area contributed by atoms with Crippen molar-refractivity contribution in [2.45, 2.75) is 6.42 Å². The van der Waals surface area contributed by atoms with Crippen LogP contribution in [0.4, 0.5) is 5.69 Å². The van der Waals surface area contributed by atoms with E-state index in [1.807, 2.05) is 30.3 Å². The number of thiophene rings is 1. The SMILES string of the molecule is COc1cccc(CC(=O)Nc2ccc3sc(C(=O)NO)cc3c2)c1. The zero-order chi connectivity index (χ0) is 17.8. The van der Waals surface area contributed by atoms with E-state index in [0.29, 0.717) is 16.3 Å². The van der Waals surface area contributed by atoms with Gasteiger partial charge in [-0.15, -0.1) is 11.3 Å². The molecule has 0 aliphatic rings. The van der Waals surface area contributed by atoms with Gasteiger partial charge in [-0.1, -0.05) is 12.1 Å². The Morgan fingerprint density at radius 3 is 2.76 bits per heavy atom. The van der Waals surface area contributed by atoms with Crippen molar-refractivity contribution >= 4 is 38.9 Å². The fourth-order valence-corrected chi connectivity index (χ4v) is 3.39. The van der Waals surface area contributed by atoms with E-state index in [0.717, 1.165) is 15.6 Å². The Morgan fingerprint density at radius 2 is 2.00 bits per heavy atom. The maximum absolute atomic E-state index is 12.2. The first-order valence-corrected chi connectivity index (χ1v) is 8.31. The van der Waals surface area contributed by atoms with E-state index in [-0.39, 0.29) is 12.3 Å². The summed E-state index contributed by atoms with van der Waals surface area (Å²) in [5.41, 5.74) is 3.12. The molecule has 0 saturated heterocycles. The average Bonchev–Trinajstić information content (AvgIpc) is 3.04. The van der Waals surface area contributed by atoms with Gasteiger partial charge >= 0.3 is 0 Å². The standard InChI is InChI=1S/C18H16N2O4S/c1-24-14-4-2-3-11(7-14)8-17(21)19-13-5-6-15-12(9-13)10-16(25-15)18(22)20-23/h2-7,9-10,23H,8H2,1H3,(H,19,21)(H,20,22). The van der Waals surface area contributed by atoms with Crippen LogP contribution in [-0.4, -0.2) is 24.1 Å². The van der Waals surface area contributed by atoms with Gasteiger partial charge in [0.15, 0.2) is 0 Å². The van der Waals surface area contributed by atoms with Crippen LogP contribution in [0.3, 0.4) is 0 Å². The van der Waals surface area contributed by atoms with E-state index in [2.05, 4.69) is 5.32 Å². The lowest BCUT2D eigenvalue weighted by Crippen LogP contribution is -2.16. The van der Waals surface area contributed by atoms with Crippen molar-refractivity contribution < 1.29 is 19.5 Å². The summed E-state index contributed by atoms with van der Waals surface area (Å²) >= 11 is 1.27. The van der Waals surface area contributed by atoms with Crippen LogP contribution in [-0.2, 0) is 11.2 Å². The topological polar surface area (TPSA) is 87.7 Å². The second-order valence-corrected chi connectivity index (χ2v) is 6.46. The fourth-order valence-electron chi connectivity index (χ4n) is 2.46. The zero-order valence-electron chi connectivity index (χ0n) is 13.4. The summed E-state index contributed by atoms with van der Waals surface area (Å²) in [6.45, 7) is 0. The molecule has 1 aromatic heterocycles. The number of hydrogen-bond donors (Lipinski definition) is 3. The van der Waals surface area contributed by atoms with Crippen molar-refractivity contribution in [3.8, 4) is 5.75 Å². The Balaban J connectivity index is 1.73. The van der Waals surface area contributed by atoms with E-state index in [4.69, 9.17) is 9.94 Å². The largest absolute Gasteiger partial charge is 0.497 e. The van der Waals surface area contributed by atoms with E-state index >= 15 is 0 Å². The summed E-state index contributed by atoms with van der Waals surface area (Å²) < 4.78 is 6.05. The molecule has 0 aliphatic carbocycles. The molecule has 0 aliphatic heterocycles. The molecular weight excluding hydrogens is 340 g/mol. The monoisotopic (exact) mass is 356 g/mol. The number of carbonyl (C=O) groups is 2. The lowest BCUT2D eigenvalue weighted by atomic mass is 10.1. The number of methoxy groups -OCH3 is 1. The lowest BCUT2D eigenvalue weighted by Gasteiger charge is -2.07. The number of hydroxylamine groups is 1. The molecule has 0 unspecified atom stereocenters. The summed E-state index contributed by atoms with van der Waals surface area (Å²) in [4.78, 5) is 24.1. The molecule has 3 aromatic rings. The molecule has 0 radical (unpaired) electrons. The maximum atomic E-state index is 12.2. The Labute approximate surface area is 148 Å². The molecule has 25 heavy (non-hydrogen) atoms. The van der Waals surface area contributed by atoms with Gasteiger partial charge in [0.05, 0.1) is 18.4 Å². The van der Waals surface area contributed by atoms with Gasteiger partial charge in [-0.3, -0.25) is 14.8 Å². The molecule has 6 nitrogen and oxygen atoms in total. The lowest BCUT2D eigenvalue weighted by molar-refractivity contribution is -0.115. The first-order chi connectivity index (χ1) is 12.1. The Hall–Kier alpha value is -2.90. The number of carbonyl (C=O) groups excluding carboxylic acids is 2. The van der Waals surface area contributed by atoms with Crippen molar-refractivity contribution in [2.75, 3.05) is 12.4 Å². The Bertz CT molecular complexity index is 936. The number of hydrogen-bond acceptors (Lipinski definition) is 5. The number of fused-ring (bicyclic) bond motifs is 1. The summed E-state index contributed by atoms with van der Waals surface area (Å²) in [7, 11) is 1.58. The molecule has 0 spiro atoms. The predicted octanol–water partition coefficient (Wildman–Crippen LogP) is 3.21. The third-order valence-electron chi connectivity index (χ3n) is 3.62. The highest BCUT2D eigenvalue weighted by molar-refractivity contribution is 7.20. The summed E-state index contributed by atoms with van der Waals surface area (Å²) in [6, 6.07) is 14.4. The third-order valence-corrected chi connectivity index (χ3v) is 4.74. The van der Waals surface area contributed by atoms with Gasteiger partial charge in [0, 0.05) is 10.4 Å². The number of nitrogens with one attached hydrogen (secondary N) is 2. The molecule has 3 rings (SSSR count). The minimum absolute atomic E-state index is 0.142. The van der Waals surface area contributed by atoms with Crippen molar-refractivity contribution in [2.24, 2.45) is 0 Å². The zero-order valence-corrected chi connectivity index (χ0v) is 14.2. The van der Waals surface area contributed by atoms with Crippen molar-refractivity contribution in [1.29, 1.82) is 0 Å². The van der Waals surface area contributed by atoms with Gasteiger partial charge in [-0.25, -0.2) is 5.48 Å². The van der Waals surface area contributed by atoms with Crippen molar-refractivity contribution in [3.63, 3.8) is 0 Å². The summed E-state index contributed by atoms with van der Waals surface area (Å²) in [5.74, 6) is 0.0145. The number of amides is 2. The predicted molar refractivity (Wildman–Crippen MR) is 96.4 cm³/mol. The summed E-state index contributed by atoms with van der Waals surface area (Å²) in [5, 5.41) is 12.4. The maximum Gasteiger partial charge on any atom is 0.284 e. The molecule has 7 heteroatoms. The number of rotatable bonds is 5. The van der Waals surface area contributed by atoms with E-state index < -0.39 is 5.91 Å². The van der Waals surface area contributed by atoms with Crippen LogP contribution < -0.4 is 15.5 Å². The van der Waals surface area contributed by atoms with Gasteiger partial charge < -0.3 is 10.1 Å². The van der Waals surface area contributed by atoms with Crippen LogP contribution in [0.1, 0.15) is 15.2 Å². The molecule has 0 bridgehead atoms. The molecule has 2 amide bonds. The van der Waals surface area contributed by atoms with Crippen LogP contribution in [0.25, 0.3) is 10.1 Å². The first kappa shape index (κ1) is 16.9. The van der Waals surface area contributed by atoms with Gasteiger partial charge in [-0.2, -0.15) is 0 Å². The number of anilines is 1. The van der Waals surface area contributed by atoms with Crippen LogP contribution in [0.15, 0.2) is 48.5 Å². The smallest absolute Gasteiger partial charge is 0.284 e. The molecule has 2 aromatic carbocycles. The second kappa shape index (κ2) is 7.33. The van der Waals surface area contributed by atoms with E-state index in [1.54, 1.807) is 30.8 Å². The number of ether oxygens (including phenoxy) is 1. The second-order valence-electron chi connectivity index (χ2n) is 5.38. The minimum atomic E-state index is -0.551. The van der Waals surface area contributed by atoms with Crippen LogP contribution >= 0.6 is 11.3 Å². The normalized spacial score (nSPS) is 10.5. The average molecular weight is 356 g/mol. The molecule has 0 saturated carbocycles. The Morgan fingerprint density at radius 1 is 1.16 bits per heavy atom. The molecule has 128 valence electrons. The van der Waals surface area contributed by atoms with Gasteiger partial charge in [0.2, 0.25) is 5.91 Å². The van der Waals surface area contributed by atoms with E-state index in [1.165, 1.54) is 11.3 Å². The molecule has 3 N–H and O–H groups in total. The molecular formula is C18H16N2O4S. The van der Waals surface area contributed by atoms with Crippen LogP contribution in [0.2, 0.25) is 0 Å². The molecule has 0 atom stereocenters. The summed E-state index contributed by atoms with van der Waals surface area (Å²) in [6.07, 6.45) is 0.233. The fraction of sp³-hybridized carbons (Fsp3) is 0.111. The van der Waals surface area contributed by atoms with E-state index in [9.17, 15) is 9.59 Å². The highest BCUT2D eigenvalue weighted by Gasteiger charge is 2.11. The molecule has 0 fully saturated rings. The van der Waals surface area contributed by atoms with Crippen molar-refractivity contribution in [1.82, 2.24) is 5.48 Å². The van der Waals surface area contributed by atoms with Gasteiger partial charge in [-0.05, 0) is 47.3 Å². The van der Waals surface area contributed by atoms with Crippen LogP contribution in [0.5, 0.6) is 5.75 Å². The quantitative estimate of drug-likeness (QED) is 0.484. The third kappa shape index (κ3) is 3.96. The number of benzene rings is 2. The molecule has 1 heterocycles. The van der Waals surface area contributed by atoms with Crippen molar-refractivity contribution in [3.05, 3.63) is 59.0 Å². The highest BCUT2D eigenvalue weighted by Crippen LogP contribution is 2.28. The first-order valence-electron chi connectivity index (χ1n) is 7.50. The van der Waals surface area contributed by atoms with Gasteiger partial charge in [0.1, 0.15) is 5.75 Å². The highest BCUT2D eigenvalue weighted by atomic mass is 32.1. The van der Waals surface area contributed by atoms with Gasteiger partial charge in [0.25, 0.3) is 5.91 Å². The minimum Gasteiger partial charge on any atom is -0.497 e. The van der Waals surface area contributed by atoms with Crippen LogP contribution in [0, 0.1) is 0 Å².